The molecule has 0 radical (unpaired) electrons. The Labute approximate surface area is 174 Å². The molecule has 1 aromatic heterocycles. The van der Waals surface area contributed by atoms with Crippen LogP contribution in [0.2, 0.25) is 10.0 Å². The summed E-state index contributed by atoms with van der Waals surface area (Å²) in [6.07, 6.45) is 1.75. The quantitative estimate of drug-likeness (QED) is 0.265. The zero-order valence-electron chi connectivity index (χ0n) is 14.3. The third-order valence-electron chi connectivity index (χ3n) is 4.52. The van der Waals surface area contributed by atoms with Crippen LogP contribution in [0.4, 0.5) is 0 Å². The van der Waals surface area contributed by atoms with Gasteiger partial charge in [-0.3, -0.25) is 0 Å². The third kappa shape index (κ3) is 2.90. The molecule has 136 valence electrons. The summed E-state index contributed by atoms with van der Waals surface area (Å²) in [7, 11) is 0. The lowest BCUT2D eigenvalue weighted by Gasteiger charge is -2.01. The van der Waals surface area contributed by atoms with Gasteiger partial charge in [-0.2, -0.15) is 0 Å². The molecule has 0 fully saturated rings. The van der Waals surface area contributed by atoms with Crippen LogP contribution in [0.1, 0.15) is 10.4 Å². The molecular weight excluding hydrogens is 413 g/mol. The number of halogens is 2. The SMILES string of the molecule is O=C1OC(c2sc3cc(Cl)ccc3c2Cl)=N/C1=C/c1cccc2ccccc12. The fraction of sp³-hybridized carbons (Fsp3) is 0. The number of benzene rings is 3. The molecule has 0 amide bonds. The van der Waals surface area contributed by atoms with E-state index in [1.54, 1.807) is 12.1 Å². The monoisotopic (exact) mass is 423 g/mol. The Morgan fingerprint density at radius 1 is 0.964 bits per heavy atom. The molecule has 3 nitrogen and oxygen atoms in total. The van der Waals surface area contributed by atoms with Gasteiger partial charge in [-0.15, -0.1) is 11.3 Å². The fourth-order valence-electron chi connectivity index (χ4n) is 3.21. The zero-order chi connectivity index (χ0) is 19.3. The molecular formula is C22H11Cl2NO2S. The van der Waals surface area contributed by atoms with Crippen molar-refractivity contribution in [2.24, 2.45) is 4.99 Å². The number of aliphatic imine (C=N–C) groups is 1. The lowest BCUT2D eigenvalue weighted by Crippen LogP contribution is -2.04. The minimum absolute atomic E-state index is 0.221. The summed E-state index contributed by atoms with van der Waals surface area (Å²) in [6.45, 7) is 0. The lowest BCUT2D eigenvalue weighted by molar-refractivity contribution is -0.129. The summed E-state index contributed by atoms with van der Waals surface area (Å²) in [6, 6.07) is 19.4. The smallest absolute Gasteiger partial charge is 0.363 e. The predicted molar refractivity (Wildman–Crippen MR) is 116 cm³/mol. The number of hydrogen-bond acceptors (Lipinski definition) is 4. The van der Waals surface area contributed by atoms with Crippen molar-refractivity contribution in [3.05, 3.63) is 86.8 Å². The molecule has 3 aromatic carbocycles. The van der Waals surface area contributed by atoms with Crippen molar-refractivity contribution in [1.82, 2.24) is 0 Å². The average molecular weight is 424 g/mol. The van der Waals surface area contributed by atoms with E-state index < -0.39 is 5.97 Å². The third-order valence-corrected chi connectivity index (χ3v) is 6.40. The Kier molecular flexibility index (Phi) is 4.20. The topological polar surface area (TPSA) is 38.7 Å². The summed E-state index contributed by atoms with van der Waals surface area (Å²) in [5, 5.41) is 4.13. The first-order chi connectivity index (χ1) is 13.6. The summed E-state index contributed by atoms with van der Waals surface area (Å²) in [5.41, 5.74) is 1.15. The average Bonchev–Trinajstić information content (AvgIpc) is 3.21. The van der Waals surface area contributed by atoms with Crippen LogP contribution in [0.25, 0.3) is 26.9 Å². The van der Waals surface area contributed by atoms with Gasteiger partial charge in [0.2, 0.25) is 5.90 Å². The van der Waals surface area contributed by atoms with E-state index in [4.69, 9.17) is 27.9 Å². The molecule has 0 saturated carbocycles. The van der Waals surface area contributed by atoms with Gasteiger partial charge in [-0.25, -0.2) is 9.79 Å². The van der Waals surface area contributed by atoms with Crippen LogP contribution in [0, 0.1) is 0 Å². The number of ether oxygens (including phenoxy) is 1. The van der Waals surface area contributed by atoms with Crippen molar-refractivity contribution >= 4 is 73.3 Å². The van der Waals surface area contributed by atoms with E-state index in [0.717, 1.165) is 26.4 Å². The van der Waals surface area contributed by atoms with Gasteiger partial charge in [0.25, 0.3) is 0 Å². The predicted octanol–water partition coefficient (Wildman–Crippen LogP) is 6.71. The maximum absolute atomic E-state index is 12.4. The van der Waals surface area contributed by atoms with E-state index >= 15 is 0 Å². The summed E-state index contributed by atoms with van der Waals surface area (Å²) in [5.74, 6) is -0.270. The molecule has 0 aliphatic carbocycles. The number of carbonyl (C=O) groups excluding carboxylic acids is 1. The van der Waals surface area contributed by atoms with Crippen LogP contribution >= 0.6 is 34.5 Å². The number of cyclic esters (lactones) is 1. The first-order valence-electron chi connectivity index (χ1n) is 8.48. The van der Waals surface area contributed by atoms with Crippen molar-refractivity contribution in [1.29, 1.82) is 0 Å². The van der Waals surface area contributed by atoms with E-state index in [-0.39, 0.29) is 11.6 Å². The van der Waals surface area contributed by atoms with Crippen molar-refractivity contribution < 1.29 is 9.53 Å². The molecule has 4 aromatic rings. The van der Waals surface area contributed by atoms with Crippen molar-refractivity contribution in [2.45, 2.75) is 0 Å². The molecule has 2 heterocycles. The number of hydrogen-bond donors (Lipinski definition) is 0. The molecule has 1 aliphatic heterocycles. The molecule has 5 rings (SSSR count). The maximum Gasteiger partial charge on any atom is 0.363 e. The number of nitrogens with zero attached hydrogens (tertiary/aromatic N) is 1. The number of rotatable bonds is 2. The lowest BCUT2D eigenvalue weighted by atomic mass is 10.0. The second-order valence-corrected chi connectivity index (χ2v) is 8.16. The van der Waals surface area contributed by atoms with E-state index in [0.29, 0.717) is 14.9 Å². The Balaban J connectivity index is 1.61. The highest BCUT2D eigenvalue weighted by Crippen LogP contribution is 2.38. The van der Waals surface area contributed by atoms with Crippen LogP contribution in [0.3, 0.4) is 0 Å². The Bertz CT molecular complexity index is 1330. The molecule has 1 aliphatic rings. The molecule has 28 heavy (non-hydrogen) atoms. The van der Waals surface area contributed by atoms with Gasteiger partial charge < -0.3 is 4.74 Å². The van der Waals surface area contributed by atoms with Gasteiger partial charge in [-0.05, 0) is 34.5 Å². The molecule has 0 N–H and O–H groups in total. The van der Waals surface area contributed by atoms with Gasteiger partial charge in [0.15, 0.2) is 5.70 Å². The van der Waals surface area contributed by atoms with Crippen LogP contribution < -0.4 is 0 Å². The minimum atomic E-state index is -0.491. The molecule has 6 heteroatoms. The maximum atomic E-state index is 12.4. The largest absolute Gasteiger partial charge is 0.401 e. The van der Waals surface area contributed by atoms with Crippen LogP contribution in [0.15, 0.2) is 71.4 Å². The fourth-order valence-corrected chi connectivity index (χ4v) is 4.92. The Hall–Kier alpha value is -2.66. The van der Waals surface area contributed by atoms with Crippen LogP contribution in [-0.2, 0) is 9.53 Å². The Morgan fingerprint density at radius 3 is 2.68 bits per heavy atom. The number of fused-ring (bicyclic) bond motifs is 2. The second kappa shape index (κ2) is 6.74. The summed E-state index contributed by atoms with van der Waals surface area (Å²) < 4.78 is 6.34. The highest BCUT2D eigenvalue weighted by molar-refractivity contribution is 7.21. The first kappa shape index (κ1) is 17.4. The van der Waals surface area contributed by atoms with E-state index in [9.17, 15) is 4.79 Å². The zero-order valence-corrected chi connectivity index (χ0v) is 16.6. The number of thiophene rings is 1. The van der Waals surface area contributed by atoms with E-state index in [1.165, 1.54) is 11.3 Å². The first-order valence-corrected chi connectivity index (χ1v) is 10.1. The van der Waals surface area contributed by atoms with E-state index in [2.05, 4.69) is 4.99 Å². The standard InChI is InChI=1S/C22H11Cl2NO2S/c23-14-8-9-16-18(11-14)28-20(19(16)24)21-25-17(22(26)27-21)10-13-6-3-5-12-4-1-2-7-15(12)13/h1-11H/b17-10+. The van der Waals surface area contributed by atoms with Gasteiger partial charge in [0.1, 0.15) is 4.88 Å². The van der Waals surface area contributed by atoms with Gasteiger partial charge in [-0.1, -0.05) is 71.7 Å². The highest BCUT2D eigenvalue weighted by Gasteiger charge is 2.28. The Morgan fingerprint density at radius 2 is 1.79 bits per heavy atom. The molecule has 0 spiro atoms. The molecule has 0 bridgehead atoms. The summed E-state index contributed by atoms with van der Waals surface area (Å²) >= 11 is 14.0. The number of esters is 1. The summed E-state index contributed by atoms with van der Waals surface area (Å²) in [4.78, 5) is 17.5. The second-order valence-electron chi connectivity index (χ2n) is 6.29. The van der Waals surface area contributed by atoms with Crippen LogP contribution in [-0.4, -0.2) is 11.9 Å². The van der Waals surface area contributed by atoms with Gasteiger partial charge in [0.05, 0.1) is 5.02 Å². The normalized spacial score (nSPS) is 15.4. The molecule has 0 atom stereocenters. The highest BCUT2D eigenvalue weighted by atomic mass is 35.5. The van der Waals surface area contributed by atoms with Gasteiger partial charge >= 0.3 is 5.97 Å². The van der Waals surface area contributed by atoms with Crippen LogP contribution in [0.5, 0.6) is 0 Å². The van der Waals surface area contributed by atoms with E-state index in [1.807, 2.05) is 54.6 Å². The van der Waals surface area contributed by atoms with Crippen molar-refractivity contribution in [3.63, 3.8) is 0 Å². The van der Waals surface area contributed by atoms with Gasteiger partial charge in [0, 0.05) is 15.1 Å². The number of carbonyl (C=O) groups is 1. The van der Waals surface area contributed by atoms with Crippen molar-refractivity contribution in [2.75, 3.05) is 0 Å². The minimum Gasteiger partial charge on any atom is -0.401 e. The molecule has 0 saturated heterocycles. The van der Waals surface area contributed by atoms with Crippen molar-refractivity contribution in [3.8, 4) is 0 Å². The molecule has 0 unspecified atom stereocenters.